The number of methoxy groups -OCH3 is 2. The summed E-state index contributed by atoms with van der Waals surface area (Å²) in [5, 5.41) is 28.6. The number of nitrogens with zero attached hydrogens (tertiary/aromatic N) is 1. The van der Waals surface area contributed by atoms with E-state index in [4.69, 9.17) is 44.0 Å². The third-order valence-electron chi connectivity index (χ3n) is 14.7. The number of rotatable bonds is 17. The van der Waals surface area contributed by atoms with Gasteiger partial charge < -0.3 is 45.1 Å². The van der Waals surface area contributed by atoms with Gasteiger partial charge in [0.25, 0.3) is 30.7 Å². The van der Waals surface area contributed by atoms with E-state index in [2.05, 4.69) is 104 Å². The number of ether oxygens (including phenoxy) is 4. The average Bonchev–Trinajstić information content (AvgIpc) is 1.58. The van der Waals surface area contributed by atoms with Crippen molar-refractivity contribution in [2.45, 2.75) is 59.8 Å². The van der Waals surface area contributed by atoms with Crippen LogP contribution < -0.4 is 39.8 Å². The van der Waals surface area contributed by atoms with Crippen LogP contribution in [0.2, 0.25) is 0 Å². The van der Waals surface area contributed by atoms with Gasteiger partial charge in [-0.3, -0.25) is 38.8 Å². The maximum atomic E-state index is 13.5. The molecule has 0 bridgehead atoms. The Labute approximate surface area is 571 Å². The molecular weight excluding hydrogens is 1240 g/mol. The van der Waals surface area contributed by atoms with E-state index in [0.717, 1.165) is 44.6 Å². The molecule has 0 fully saturated rings. The number of anilines is 4. The fraction of sp³-hybridized carbons (Fsp3) is 0.152. The van der Waals surface area contributed by atoms with Gasteiger partial charge in [0.2, 0.25) is 12.8 Å². The van der Waals surface area contributed by atoms with Gasteiger partial charge in [-0.05, 0) is 163 Å². The number of carboxylic acid groups (broad SMARTS) is 2. The molecule has 98 heavy (non-hydrogen) atoms. The lowest BCUT2D eigenvalue weighted by Gasteiger charge is -2.26. The topological polar surface area (TPSA) is 266 Å². The van der Waals surface area contributed by atoms with E-state index in [0.29, 0.717) is 52.6 Å². The minimum atomic E-state index is -0.459. The minimum Gasteiger partial charge on any atom is -0.497 e. The highest BCUT2D eigenvalue weighted by Crippen LogP contribution is 2.38. The van der Waals surface area contributed by atoms with Crippen molar-refractivity contribution in [2.24, 2.45) is 0 Å². The Morgan fingerprint density at radius 2 is 0.786 bits per heavy atom. The van der Waals surface area contributed by atoms with Crippen molar-refractivity contribution in [3.05, 3.63) is 299 Å². The highest BCUT2D eigenvalue weighted by Gasteiger charge is 2.37. The third-order valence-corrected chi connectivity index (χ3v) is 14.7. The number of nitrogens with one attached hydrogen (secondary N) is 3. The van der Waals surface area contributed by atoms with Crippen molar-refractivity contribution < 1.29 is 72.9 Å². The second-order valence-corrected chi connectivity index (χ2v) is 22.0. The fourth-order valence-corrected chi connectivity index (χ4v) is 9.59. The largest absolute Gasteiger partial charge is 0.497 e. The van der Waals surface area contributed by atoms with Gasteiger partial charge in [0, 0.05) is 33.5 Å². The monoisotopic (exact) mass is 1330 g/mol. The predicted molar refractivity (Wildman–Crippen MR) is 384 cm³/mol. The number of carbonyl (C=O) groups excluding carboxylic acids is 5. The summed E-state index contributed by atoms with van der Waals surface area (Å²) in [6, 6.07) is 78.2. The van der Waals surface area contributed by atoms with E-state index in [1.165, 1.54) is 23.8 Å². The Morgan fingerprint density at radius 3 is 1.20 bits per heavy atom. The number of hydrogen-bond donors (Lipinski definition) is 6. The molecule has 6 N–H and O–H groups in total. The van der Waals surface area contributed by atoms with Crippen LogP contribution in [0.15, 0.2) is 249 Å². The van der Waals surface area contributed by atoms with E-state index in [-0.39, 0.29) is 48.2 Å². The molecule has 0 atom stereocenters. The molecular formula is C79H82N4O15. The summed E-state index contributed by atoms with van der Waals surface area (Å²) in [6.45, 7) is 12.3. The van der Waals surface area contributed by atoms with Crippen molar-refractivity contribution >= 4 is 66.2 Å². The molecule has 10 aromatic carbocycles. The van der Waals surface area contributed by atoms with Crippen molar-refractivity contribution in [2.75, 3.05) is 42.2 Å². The van der Waals surface area contributed by atoms with Gasteiger partial charge in [0.15, 0.2) is 0 Å². The normalized spacial score (nSPS) is 10.6. The Balaban J connectivity index is 0.000000318. The molecule has 0 aliphatic carbocycles. The zero-order chi connectivity index (χ0) is 70.8. The van der Waals surface area contributed by atoms with Crippen molar-refractivity contribution in [3.8, 4) is 34.5 Å². The number of imide groups is 1. The molecule has 0 aromatic heterocycles. The van der Waals surface area contributed by atoms with Gasteiger partial charge >= 0.3 is 0 Å². The van der Waals surface area contributed by atoms with Gasteiger partial charge in [0.1, 0.15) is 34.5 Å². The van der Waals surface area contributed by atoms with Gasteiger partial charge in [-0.25, -0.2) is 9.79 Å². The van der Waals surface area contributed by atoms with Gasteiger partial charge in [-0.1, -0.05) is 168 Å². The molecule has 508 valence electrons. The van der Waals surface area contributed by atoms with E-state index < -0.39 is 11.8 Å². The maximum Gasteiger partial charge on any atom is 0.290 e. The first-order chi connectivity index (χ1) is 46.7. The van der Waals surface area contributed by atoms with Crippen LogP contribution in [0.5, 0.6) is 34.5 Å². The lowest BCUT2D eigenvalue weighted by molar-refractivity contribution is -0.214. The molecule has 0 saturated carbocycles. The first-order valence-electron chi connectivity index (χ1n) is 30.0. The average molecular weight is 1330 g/mol. The van der Waals surface area contributed by atoms with E-state index in [1.807, 2.05) is 128 Å². The molecule has 19 nitrogen and oxygen atoms in total. The number of fused-ring (bicyclic) bond motifs is 1. The molecule has 0 unspecified atom stereocenters. The van der Waals surface area contributed by atoms with Crippen LogP contribution in [0.4, 0.5) is 22.7 Å². The maximum absolute atomic E-state index is 13.5. The van der Waals surface area contributed by atoms with Crippen LogP contribution in [-0.2, 0) is 34.9 Å². The quantitative estimate of drug-likeness (QED) is 0.0214. The second-order valence-electron chi connectivity index (χ2n) is 22.0. The highest BCUT2D eigenvalue weighted by atomic mass is 17.1. The molecule has 1 aliphatic heterocycles. The van der Waals surface area contributed by atoms with Gasteiger partial charge in [-0.2, -0.15) is 0 Å². The van der Waals surface area contributed by atoms with Crippen molar-refractivity contribution in [1.29, 1.82) is 0 Å². The summed E-state index contributed by atoms with van der Waals surface area (Å²) in [5.74, 6) is 3.25. The number of carbonyl (C=O) groups is 7. The first kappa shape index (κ1) is 78.3. The Kier molecular flexibility index (Phi) is 32.1. The van der Waals surface area contributed by atoms with Crippen LogP contribution in [0.3, 0.4) is 0 Å². The smallest absolute Gasteiger partial charge is 0.290 e. The van der Waals surface area contributed by atoms with Crippen LogP contribution in [0.25, 0.3) is 0 Å². The van der Waals surface area contributed by atoms with E-state index in [1.54, 1.807) is 93.1 Å². The van der Waals surface area contributed by atoms with Crippen molar-refractivity contribution in [1.82, 2.24) is 0 Å². The SMILES string of the molecule is C.COO.COc1ccc(C(C)(C)c2ccc(Oc3ccc4c(c3)C(=O)N(c3cccc(NC(=O)c5cccc(C)c5)c3)C4=O)cc2)cc1.COc1ccc(C(C)(C)c2ccc(Oc3ccccc3)cc2)cc1.Cc1ccccc1.O=CNc1cccc(NC=O)c1.O=CO.O=CO. The van der Waals surface area contributed by atoms with Crippen LogP contribution in [0, 0.1) is 13.8 Å². The zero-order valence-electron chi connectivity index (χ0n) is 55.2. The molecule has 0 radical (unpaired) electrons. The fourth-order valence-electron chi connectivity index (χ4n) is 9.59. The Morgan fingerprint density at radius 1 is 0.418 bits per heavy atom. The summed E-state index contributed by atoms with van der Waals surface area (Å²) in [6.07, 6.45) is 1.17. The third kappa shape index (κ3) is 23.4. The number of hydrogen-bond acceptors (Lipinski definition) is 13. The molecule has 11 rings (SSSR count). The Bertz CT molecular complexity index is 4080. The molecule has 0 spiro atoms. The highest BCUT2D eigenvalue weighted by molar-refractivity contribution is 6.34. The lowest BCUT2D eigenvalue weighted by Crippen LogP contribution is -2.29. The van der Waals surface area contributed by atoms with Gasteiger partial charge in [-0.15, -0.1) is 0 Å². The number of para-hydroxylation sites is 1. The summed E-state index contributed by atoms with van der Waals surface area (Å²) in [4.78, 5) is 80.8. The van der Waals surface area contributed by atoms with Crippen LogP contribution >= 0.6 is 0 Å². The summed E-state index contributed by atoms with van der Waals surface area (Å²) in [5.41, 5.74) is 9.92. The number of benzene rings is 10. The van der Waals surface area contributed by atoms with Crippen molar-refractivity contribution in [3.63, 3.8) is 0 Å². The molecule has 10 aromatic rings. The molecule has 5 amide bonds. The molecule has 1 aliphatic rings. The standard InChI is InChI=1S/C38H32N2O5.C22H22O2.C8H8N2O2.C7H8.CH4O2.2CH2O2.CH4/c1-24-7-5-8-25(21-24)35(41)39-28-9-6-10-29(22-28)40-36(42)33-20-19-32(23-34(33)37(40)43)45-31-17-13-27(14-18-31)38(2,3)26-11-15-30(44-4)16-12-26;1-22(2,17-9-13-19(23-3)14-10-17)18-11-15-21(16-12-18)24-20-7-5-4-6-8-20;11-5-9-7-2-1-3-8(4-7)10-6-12;1-7-5-3-2-4-6-7;1-3-2;2*2-1-3;/h5-23H,1-4H3,(H,39,41);4-16H,1-3H3;1-6H,(H,9,11)(H,10,12);2-6H,1H3;2H,1H3;2*1H,(H,2,3);1H4. The summed E-state index contributed by atoms with van der Waals surface area (Å²) >= 11 is 0. The second kappa shape index (κ2) is 40.1. The van der Waals surface area contributed by atoms with Crippen LogP contribution in [-0.4, -0.2) is 80.3 Å². The lowest BCUT2D eigenvalue weighted by atomic mass is 9.78. The zero-order valence-corrected chi connectivity index (χ0v) is 55.2. The number of amides is 5. The molecule has 19 heteroatoms. The van der Waals surface area contributed by atoms with Crippen LogP contribution in [0.1, 0.15) is 99.6 Å². The molecule has 0 saturated heterocycles. The summed E-state index contributed by atoms with van der Waals surface area (Å²) in [7, 11) is 4.52. The van der Waals surface area contributed by atoms with E-state index >= 15 is 0 Å². The predicted octanol–water partition coefficient (Wildman–Crippen LogP) is 16.9. The first-order valence-corrected chi connectivity index (χ1v) is 30.0. The van der Waals surface area contributed by atoms with Gasteiger partial charge in [0.05, 0.1) is 38.1 Å². The molecule has 1 heterocycles. The number of aryl methyl sites for hydroxylation is 2. The summed E-state index contributed by atoms with van der Waals surface area (Å²) < 4.78 is 22.5. The Hall–Kier alpha value is -12.2. The minimum absolute atomic E-state index is 0. The van der Waals surface area contributed by atoms with E-state index in [9.17, 15) is 24.0 Å².